The molecule has 7 nitrogen and oxygen atoms in total. The van der Waals surface area contributed by atoms with Gasteiger partial charge in [-0.25, -0.2) is 0 Å². The first-order chi connectivity index (χ1) is 12.6. The van der Waals surface area contributed by atoms with E-state index in [-0.39, 0.29) is 11.8 Å². The molecular weight excluding hydrogens is 330 g/mol. The van der Waals surface area contributed by atoms with E-state index >= 15 is 0 Å². The minimum atomic E-state index is -0.0125. The third-order valence-electron chi connectivity index (χ3n) is 5.31. The van der Waals surface area contributed by atoms with Crippen LogP contribution in [-0.4, -0.2) is 63.1 Å². The van der Waals surface area contributed by atoms with Gasteiger partial charge in [0.25, 0.3) is 11.8 Å². The number of carbonyl (C=O) groups excluding carboxylic acids is 2. The van der Waals surface area contributed by atoms with Gasteiger partial charge in [-0.3, -0.25) is 19.3 Å². The molecule has 1 saturated heterocycles. The third kappa shape index (κ3) is 3.09. The van der Waals surface area contributed by atoms with Gasteiger partial charge in [-0.15, -0.1) is 0 Å². The zero-order chi connectivity index (χ0) is 18.1. The maximum Gasteiger partial charge on any atom is 0.272 e. The Hall–Kier alpha value is -2.70. The molecule has 0 atom stereocenters. The molecule has 0 N–H and O–H groups in total. The fraction of sp³-hybridized carbons (Fsp3) is 0.474. The van der Waals surface area contributed by atoms with E-state index in [1.807, 2.05) is 34.8 Å². The maximum absolute atomic E-state index is 12.5. The first-order valence-corrected chi connectivity index (χ1v) is 9.17. The number of likely N-dealkylation sites (tertiary alicyclic amines) is 1. The number of rotatable bonds is 2. The fourth-order valence-electron chi connectivity index (χ4n) is 3.76. The molecule has 2 amide bonds. The van der Waals surface area contributed by atoms with Gasteiger partial charge < -0.3 is 9.80 Å². The summed E-state index contributed by atoms with van der Waals surface area (Å²) in [5.41, 5.74) is 2.16. The standard InChI is InChI=1S/C19H23N5O2/c1-22-9-4-10-24-17(19(22)26)13-16(21-24)14-6-11-23(12-7-14)18(25)15-5-2-3-8-20-15/h2-3,5,8,13-14H,4,6-7,9-12H2,1H3. The van der Waals surface area contributed by atoms with Crippen molar-refractivity contribution < 1.29 is 9.59 Å². The number of piperidine rings is 1. The summed E-state index contributed by atoms with van der Waals surface area (Å²) in [5.74, 6) is 0.325. The number of pyridine rings is 1. The van der Waals surface area contributed by atoms with Gasteiger partial charge in [0.15, 0.2) is 0 Å². The number of amides is 2. The first-order valence-electron chi connectivity index (χ1n) is 9.17. The van der Waals surface area contributed by atoms with Crippen LogP contribution in [0.25, 0.3) is 0 Å². The Morgan fingerprint density at radius 1 is 1.15 bits per heavy atom. The molecule has 2 aliphatic heterocycles. The minimum absolute atomic E-state index is 0.0125. The summed E-state index contributed by atoms with van der Waals surface area (Å²) in [6, 6.07) is 7.34. The summed E-state index contributed by atoms with van der Waals surface area (Å²) in [7, 11) is 1.84. The Labute approximate surface area is 152 Å². The molecule has 4 heterocycles. The van der Waals surface area contributed by atoms with Crippen LogP contribution in [0.2, 0.25) is 0 Å². The quantitative estimate of drug-likeness (QED) is 0.825. The lowest BCUT2D eigenvalue weighted by Gasteiger charge is -2.31. The van der Waals surface area contributed by atoms with E-state index in [0.717, 1.165) is 38.0 Å². The molecular formula is C19H23N5O2. The lowest BCUT2D eigenvalue weighted by Crippen LogP contribution is -2.38. The second kappa shape index (κ2) is 6.90. The van der Waals surface area contributed by atoms with Gasteiger partial charge in [-0.1, -0.05) is 6.07 Å². The van der Waals surface area contributed by atoms with Gasteiger partial charge >= 0.3 is 0 Å². The van der Waals surface area contributed by atoms with Gasteiger partial charge in [0.05, 0.1) is 5.69 Å². The number of carbonyl (C=O) groups is 2. The molecule has 136 valence electrons. The van der Waals surface area contributed by atoms with Crippen LogP contribution in [0, 0.1) is 0 Å². The summed E-state index contributed by atoms with van der Waals surface area (Å²) in [6.07, 6.45) is 4.29. The van der Waals surface area contributed by atoms with Crippen LogP contribution in [-0.2, 0) is 6.54 Å². The van der Waals surface area contributed by atoms with Crippen molar-refractivity contribution in [1.82, 2.24) is 24.6 Å². The second-order valence-electron chi connectivity index (χ2n) is 7.04. The third-order valence-corrected chi connectivity index (χ3v) is 5.31. The molecule has 2 aromatic heterocycles. The van der Waals surface area contributed by atoms with Crippen LogP contribution in [0.5, 0.6) is 0 Å². The van der Waals surface area contributed by atoms with Crippen LogP contribution < -0.4 is 0 Å². The highest BCUT2D eigenvalue weighted by Gasteiger charge is 2.29. The van der Waals surface area contributed by atoms with Crippen LogP contribution in [0.15, 0.2) is 30.5 Å². The number of hydrogen-bond donors (Lipinski definition) is 0. The van der Waals surface area contributed by atoms with Gasteiger partial charge in [-0.2, -0.15) is 5.10 Å². The molecule has 0 radical (unpaired) electrons. The predicted octanol–water partition coefficient (Wildman–Crippen LogP) is 1.77. The number of fused-ring (bicyclic) bond motifs is 1. The molecule has 0 unspecified atom stereocenters. The lowest BCUT2D eigenvalue weighted by atomic mass is 9.93. The zero-order valence-corrected chi connectivity index (χ0v) is 15.0. The van der Waals surface area contributed by atoms with Crippen LogP contribution >= 0.6 is 0 Å². The van der Waals surface area contributed by atoms with E-state index in [0.29, 0.717) is 30.4 Å². The summed E-state index contributed by atoms with van der Waals surface area (Å²) in [6.45, 7) is 2.93. The van der Waals surface area contributed by atoms with Crippen molar-refractivity contribution in [2.45, 2.75) is 31.7 Å². The van der Waals surface area contributed by atoms with Gasteiger partial charge in [0.2, 0.25) is 0 Å². The van der Waals surface area contributed by atoms with Gasteiger partial charge in [0.1, 0.15) is 11.4 Å². The first kappa shape index (κ1) is 16.8. The Morgan fingerprint density at radius 2 is 1.96 bits per heavy atom. The summed E-state index contributed by atoms with van der Waals surface area (Å²) >= 11 is 0. The molecule has 0 bridgehead atoms. The summed E-state index contributed by atoms with van der Waals surface area (Å²) < 4.78 is 1.85. The van der Waals surface area contributed by atoms with Crippen molar-refractivity contribution in [1.29, 1.82) is 0 Å². The monoisotopic (exact) mass is 353 g/mol. The second-order valence-corrected chi connectivity index (χ2v) is 7.04. The number of nitrogens with zero attached hydrogens (tertiary/aromatic N) is 5. The number of aromatic nitrogens is 3. The fourth-order valence-corrected chi connectivity index (χ4v) is 3.76. The average molecular weight is 353 g/mol. The Morgan fingerprint density at radius 3 is 2.69 bits per heavy atom. The minimum Gasteiger partial charge on any atom is -0.340 e. The molecule has 4 rings (SSSR count). The van der Waals surface area contributed by atoms with Crippen LogP contribution in [0.1, 0.15) is 51.9 Å². The Kier molecular flexibility index (Phi) is 4.44. The predicted molar refractivity (Wildman–Crippen MR) is 95.9 cm³/mol. The SMILES string of the molecule is CN1CCCn2nc(C3CCN(C(=O)c4ccccn4)CC3)cc2C1=O. The molecule has 7 heteroatoms. The highest BCUT2D eigenvalue weighted by atomic mass is 16.2. The smallest absolute Gasteiger partial charge is 0.272 e. The normalized spacial score (nSPS) is 18.6. The maximum atomic E-state index is 12.5. The number of aryl methyl sites for hydroxylation is 1. The summed E-state index contributed by atoms with van der Waals surface area (Å²) in [4.78, 5) is 32.7. The van der Waals surface area contributed by atoms with E-state index in [1.54, 1.807) is 17.2 Å². The molecule has 2 aliphatic rings. The largest absolute Gasteiger partial charge is 0.340 e. The van der Waals surface area contributed by atoms with Gasteiger partial charge in [0, 0.05) is 45.3 Å². The van der Waals surface area contributed by atoms with E-state index in [1.165, 1.54) is 0 Å². The van der Waals surface area contributed by atoms with E-state index in [4.69, 9.17) is 5.10 Å². The highest BCUT2D eigenvalue weighted by molar-refractivity contribution is 5.93. The lowest BCUT2D eigenvalue weighted by molar-refractivity contribution is 0.0705. The molecule has 0 spiro atoms. The van der Waals surface area contributed by atoms with E-state index in [9.17, 15) is 9.59 Å². The van der Waals surface area contributed by atoms with Crippen molar-refractivity contribution in [3.63, 3.8) is 0 Å². The topological polar surface area (TPSA) is 71.3 Å². The average Bonchev–Trinajstić information content (AvgIpc) is 3.06. The van der Waals surface area contributed by atoms with Gasteiger partial charge in [-0.05, 0) is 37.5 Å². The number of hydrogen-bond acceptors (Lipinski definition) is 4. The van der Waals surface area contributed by atoms with Crippen LogP contribution in [0.4, 0.5) is 0 Å². The van der Waals surface area contributed by atoms with Crippen molar-refractivity contribution >= 4 is 11.8 Å². The molecule has 0 aliphatic carbocycles. The summed E-state index contributed by atoms with van der Waals surface area (Å²) in [5, 5.41) is 4.70. The Balaban J connectivity index is 1.44. The Bertz CT molecular complexity index is 809. The van der Waals surface area contributed by atoms with Crippen molar-refractivity contribution in [3.05, 3.63) is 47.5 Å². The molecule has 1 fully saturated rings. The van der Waals surface area contributed by atoms with Crippen molar-refractivity contribution in [2.75, 3.05) is 26.7 Å². The van der Waals surface area contributed by atoms with E-state index in [2.05, 4.69) is 4.98 Å². The molecule has 2 aromatic rings. The molecule has 0 aromatic carbocycles. The highest BCUT2D eigenvalue weighted by Crippen LogP contribution is 2.29. The molecule has 0 saturated carbocycles. The van der Waals surface area contributed by atoms with E-state index < -0.39 is 0 Å². The molecule has 26 heavy (non-hydrogen) atoms. The van der Waals surface area contributed by atoms with Crippen molar-refractivity contribution in [3.8, 4) is 0 Å². The van der Waals surface area contributed by atoms with Crippen LogP contribution in [0.3, 0.4) is 0 Å². The van der Waals surface area contributed by atoms with Crippen molar-refractivity contribution in [2.24, 2.45) is 0 Å². The zero-order valence-electron chi connectivity index (χ0n) is 15.0.